The lowest BCUT2D eigenvalue weighted by Crippen LogP contribution is -2.15. The van der Waals surface area contributed by atoms with E-state index >= 15 is 0 Å². The summed E-state index contributed by atoms with van der Waals surface area (Å²) < 4.78 is 4.33. The molecule has 0 heterocycles. The number of hydrogen-bond donors (Lipinski definition) is 1. The van der Waals surface area contributed by atoms with E-state index in [4.69, 9.17) is 0 Å². The SMILES string of the molecule is C=C(OC=O)C(=O)Nc1ccc(CC)cc1. The van der Waals surface area contributed by atoms with Gasteiger partial charge in [-0.15, -0.1) is 0 Å². The first-order valence-corrected chi connectivity index (χ1v) is 4.87. The number of carbonyl (C=O) groups is 2. The molecule has 1 amide bonds. The van der Waals surface area contributed by atoms with Crippen LogP contribution in [0.4, 0.5) is 5.69 Å². The minimum atomic E-state index is -0.531. The van der Waals surface area contributed by atoms with Gasteiger partial charge in [-0.3, -0.25) is 9.59 Å². The van der Waals surface area contributed by atoms with E-state index in [0.717, 1.165) is 6.42 Å². The van der Waals surface area contributed by atoms with Gasteiger partial charge in [0.2, 0.25) is 0 Å². The largest absolute Gasteiger partial charge is 0.423 e. The van der Waals surface area contributed by atoms with E-state index in [1.807, 2.05) is 19.1 Å². The molecule has 1 aromatic rings. The summed E-state index contributed by atoms with van der Waals surface area (Å²) in [4.78, 5) is 21.4. The maximum Gasteiger partial charge on any atom is 0.298 e. The summed E-state index contributed by atoms with van der Waals surface area (Å²) in [6.45, 7) is 5.53. The summed E-state index contributed by atoms with van der Waals surface area (Å²) in [5.74, 6) is -0.758. The van der Waals surface area contributed by atoms with Crippen LogP contribution < -0.4 is 5.32 Å². The van der Waals surface area contributed by atoms with Crippen LogP contribution in [-0.4, -0.2) is 12.4 Å². The standard InChI is InChI=1S/C12H13NO3/c1-3-10-4-6-11(7-5-10)13-12(15)9(2)16-8-14/h4-8H,2-3H2,1H3,(H,13,15). The third kappa shape index (κ3) is 3.24. The Balaban J connectivity index is 2.62. The Labute approximate surface area is 93.9 Å². The van der Waals surface area contributed by atoms with E-state index < -0.39 is 5.91 Å². The van der Waals surface area contributed by atoms with Crippen molar-refractivity contribution >= 4 is 18.1 Å². The summed E-state index contributed by atoms with van der Waals surface area (Å²) in [5.41, 5.74) is 1.82. The Morgan fingerprint density at radius 2 is 2.06 bits per heavy atom. The predicted molar refractivity (Wildman–Crippen MR) is 60.7 cm³/mol. The quantitative estimate of drug-likeness (QED) is 0.467. The highest BCUT2D eigenvalue weighted by Gasteiger charge is 2.07. The Hall–Kier alpha value is -2.10. The molecule has 4 nitrogen and oxygen atoms in total. The van der Waals surface area contributed by atoms with E-state index in [-0.39, 0.29) is 12.2 Å². The summed E-state index contributed by atoms with van der Waals surface area (Å²) in [6, 6.07) is 7.40. The second-order valence-electron chi connectivity index (χ2n) is 3.14. The second-order valence-corrected chi connectivity index (χ2v) is 3.14. The van der Waals surface area contributed by atoms with Crippen molar-refractivity contribution in [3.8, 4) is 0 Å². The molecule has 1 aromatic carbocycles. The van der Waals surface area contributed by atoms with Crippen LogP contribution in [0.3, 0.4) is 0 Å². The first kappa shape index (κ1) is 12.0. The topological polar surface area (TPSA) is 55.4 Å². The minimum Gasteiger partial charge on any atom is -0.423 e. The summed E-state index contributed by atoms with van der Waals surface area (Å²) >= 11 is 0. The van der Waals surface area contributed by atoms with Crippen molar-refractivity contribution in [3.63, 3.8) is 0 Å². The monoisotopic (exact) mass is 219 g/mol. The third-order valence-corrected chi connectivity index (χ3v) is 2.06. The number of nitrogens with one attached hydrogen (secondary N) is 1. The molecule has 0 aliphatic heterocycles. The fourth-order valence-electron chi connectivity index (χ4n) is 1.14. The van der Waals surface area contributed by atoms with Gasteiger partial charge in [-0.1, -0.05) is 25.6 Å². The zero-order valence-electron chi connectivity index (χ0n) is 9.03. The van der Waals surface area contributed by atoms with Gasteiger partial charge >= 0.3 is 0 Å². The average molecular weight is 219 g/mol. The summed E-state index contributed by atoms with van der Waals surface area (Å²) in [6.07, 6.45) is 0.940. The van der Waals surface area contributed by atoms with Crippen LogP contribution in [0, 0.1) is 0 Å². The molecule has 16 heavy (non-hydrogen) atoms. The lowest BCUT2D eigenvalue weighted by molar-refractivity contribution is -0.129. The fraction of sp³-hybridized carbons (Fsp3) is 0.167. The van der Waals surface area contributed by atoms with E-state index in [9.17, 15) is 9.59 Å². The first-order chi connectivity index (χ1) is 7.67. The van der Waals surface area contributed by atoms with Crippen LogP contribution in [0.1, 0.15) is 12.5 Å². The number of rotatable bonds is 5. The lowest BCUT2D eigenvalue weighted by atomic mass is 10.1. The van der Waals surface area contributed by atoms with Gasteiger partial charge in [0, 0.05) is 5.69 Å². The lowest BCUT2D eigenvalue weighted by Gasteiger charge is -2.06. The molecule has 0 saturated heterocycles. The van der Waals surface area contributed by atoms with Gasteiger partial charge in [0.1, 0.15) is 0 Å². The van der Waals surface area contributed by atoms with Crippen LogP contribution in [0.5, 0.6) is 0 Å². The van der Waals surface area contributed by atoms with Gasteiger partial charge in [-0.2, -0.15) is 0 Å². The Bertz CT molecular complexity index is 395. The van der Waals surface area contributed by atoms with Crippen molar-refractivity contribution in [2.75, 3.05) is 5.32 Å². The molecule has 0 spiro atoms. The number of aryl methyl sites for hydroxylation is 1. The number of anilines is 1. The third-order valence-electron chi connectivity index (χ3n) is 2.06. The molecular weight excluding hydrogens is 206 g/mol. The van der Waals surface area contributed by atoms with Crippen molar-refractivity contribution in [2.24, 2.45) is 0 Å². The van der Waals surface area contributed by atoms with E-state index in [2.05, 4.69) is 16.6 Å². The zero-order valence-corrected chi connectivity index (χ0v) is 9.03. The van der Waals surface area contributed by atoms with Gasteiger partial charge in [0.15, 0.2) is 5.76 Å². The molecule has 0 aromatic heterocycles. The summed E-state index contributed by atoms with van der Waals surface area (Å²) in [7, 11) is 0. The normalized spacial score (nSPS) is 9.31. The van der Waals surface area contributed by atoms with Crippen molar-refractivity contribution in [3.05, 3.63) is 42.2 Å². The molecule has 84 valence electrons. The van der Waals surface area contributed by atoms with Crippen LogP contribution in [0.25, 0.3) is 0 Å². The Kier molecular flexibility index (Phi) is 4.27. The molecule has 0 saturated carbocycles. The van der Waals surface area contributed by atoms with E-state index in [1.165, 1.54) is 5.56 Å². The Morgan fingerprint density at radius 1 is 1.44 bits per heavy atom. The maximum atomic E-state index is 11.4. The molecule has 0 radical (unpaired) electrons. The number of benzene rings is 1. The molecule has 0 bridgehead atoms. The number of carbonyl (C=O) groups excluding carboxylic acids is 2. The number of amides is 1. The summed E-state index contributed by atoms with van der Waals surface area (Å²) in [5, 5.41) is 2.56. The molecule has 1 N–H and O–H groups in total. The average Bonchev–Trinajstić information content (AvgIpc) is 2.30. The number of hydrogen-bond acceptors (Lipinski definition) is 3. The molecular formula is C12H13NO3. The Morgan fingerprint density at radius 3 is 2.56 bits per heavy atom. The molecule has 0 atom stereocenters. The molecule has 0 aliphatic rings. The van der Waals surface area contributed by atoms with Crippen LogP contribution in [0.2, 0.25) is 0 Å². The van der Waals surface area contributed by atoms with Crippen molar-refractivity contribution < 1.29 is 14.3 Å². The molecule has 4 heteroatoms. The highest BCUT2D eigenvalue weighted by molar-refractivity contribution is 6.02. The van der Waals surface area contributed by atoms with Crippen LogP contribution >= 0.6 is 0 Å². The van der Waals surface area contributed by atoms with Gasteiger partial charge in [0.05, 0.1) is 0 Å². The maximum absolute atomic E-state index is 11.4. The van der Waals surface area contributed by atoms with Crippen LogP contribution in [-0.2, 0) is 20.7 Å². The van der Waals surface area contributed by atoms with Crippen molar-refractivity contribution in [2.45, 2.75) is 13.3 Å². The highest BCUT2D eigenvalue weighted by Crippen LogP contribution is 2.10. The van der Waals surface area contributed by atoms with Gasteiger partial charge < -0.3 is 10.1 Å². The molecule has 0 fully saturated rings. The van der Waals surface area contributed by atoms with Crippen molar-refractivity contribution in [1.29, 1.82) is 0 Å². The highest BCUT2D eigenvalue weighted by atomic mass is 16.5. The number of ether oxygens (including phenoxy) is 1. The zero-order chi connectivity index (χ0) is 12.0. The molecule has 1 rings (SSSR count). The minimum absolute atomic E-state index is 0.169. The van der Waals surface area contributed by atoms with Gasteiger partial charge in [-0.25, -0.2) is 0 Å². The fourth-order valence-corrected chi connectivity index (χ4v) is 1.14. The van der Waals surface area contributed by atoms with Gasteiger partial charge in [0.25, 0.3) is 12.4 Å². The first-order valence-electron chi connectivity index (χ1n) is 4.87. The van der Waals surface area contributed by atoms with E-state index in [1.54, 1.807) is 12.1 Å². The van der Waals surface area contributed by atoms with Gasteiger partial charge in [-0.05, 0) is 24.1 Å². The molecule has 0 unspecified atom stereocenters. The van der Waals surface area contributed by atoms with Crippen molar-refractivity contribution in [1.82, 2.24) is 0 Å². The molecule has 0 aliphatic carbocycles. The smallest absolute Gasteiger partial charge is 0.298 e. The predicted octanol–water partition coefficient (Wildman–Crippen LogP) is 1.87. The van der Waals surface area contributed by atoms with E-state index in [0.29, 0.717) is 5.69 Å². The van der Waals surface area contributed by atoms with Crippen LogP contribution in [0.15, 0.2) is 36.6 Å². The second kappa shape index (κ2) is 5.70.